The molecule has 1 aromatic carbocycles. The van der Waals surface area contributed by atoms with Crippen LogP contribution in [0.15, 0.2) is 30.3 Å². The van der Waals surface area contributed by atoms with Crippen molar-refractivity contribution >= 4 is 17.4 Å². The number of aryl methyl sites for hydroxylation is 2. The summed E-state index contributed by atoms with van der Waals surface area (Å²) in [5.74, 6) is 0.800. The van der Waals surface area contributed by atoms with Gasteiger partial charge in [0.15, 0.2) is 0 Å². The Morgan fingerprint density at radius 2 is 2.11 bits per heavy atom. The van der Waals surface area contributed by atoms with E-state index in [4.69, 9.17) is 11.6 Å². The number of hydrogen-bond donors (Lipinski definition) is 1. The van der Waals surface area contributed by atoms with Crippen LogP contribution in [0.3, 0.4) is 0 Å². The van der Waals surface area contributed by atoms with E-state index in [9.17, 15) is 0 Å². The molecule has 1 heterocycles. The Morgan fingerprint density at radius 3 is 2.94 bits per heavy atom. The van der Waals surface area contributed by atoms with Crippen LogP contribution < -0.4 is 5.32 Å². The molecule has 2 aromatic rings. The van der Waals surface area contributed by atoms with E-state index in [1.807, 2.05) is 13.0 Å². The van der Waals surface area contributed by atoms with Crippen LogP contribution >= 0.6 is 11.6 Å². The fourth-order valence-electron chi connectivity index (χ4n) is 2.49. The summed E-state index contributed by atoms with van der Waals surface area (Å²) in [4.78, 5) is 8.28. The normalized spacial score (nSPS) is 17.6. The lowest BCUT2D eigenvalue weighted by molar-refractivity contribution is 0.756. The van der Waals surface area contributed by atoms with Crippen molar-refractivity contribution in [1.82, 2.24) is 9.97 Å². The predicted octanol–water partition coefficient (Wildman–Crippen LogP) is 3.54. The number of benzene rings is 1. The van der Waals surface area contributed by atoms with Crippen LogP contribution in [0.1, 0.15) is 29.3 Å². The summed E-state index contributed by atoms with van der Waals surface area (Å²) in [6, 6.07) is 10.8. The van der Waals surface area contributed by atoms with Gasteiger partial charge in [0.1, 0.15) is 5.82 Å². The van der Waals surface area contributed by atoms with Gasteiger partial charge in [0, 0.05) is 11.8 Å². The summed E-state index contributed by atoms with van der Waals surface area (Å²) in [5, 5.41) is 3.74. The van der Waals surface area contributed by atoms with Gasteiger partial charge in [-0.05, 0) is 42.5 Å². The van der Waals surface area contributed by atoms with E-state index in [1.54, 1.807) is 0 Å². The minimum Gasteiger partial charge on any atom is -0.363 e. The molecule has 0 spiro atoms. The molecule has 1 aromatic heterocycles. The molecule has 0 bridgehead atoms. The van der Waals surface area contributed by atoms with Crippen LogP contribution in [0.2, 0.25) is 5.28 Å². The molecule has 0 saturated carbocycles. The maximum atomic E-state index is 5.87. The molecule has 0 unspecified atom stereocenters. The second kappa shape index (κ2) is 4.58. The van der Waals surface area contributed by atoms with Crippen LogP contribution in [0.4, 0.5) is 5.82 Å². The third kappa shape index (κ3) is 2.18. The summed E-state index contributed by atoms with van der Waals surface area (Å²) in [5.41, 5.74) is 3.67. The van der Waals surface area contributed by atoms with Crippen molar-refractivity contribution in [3.8, 4) is 0 Å². The number of nitrogens with zero attached hydrogens (tertiary/aromatic N) is 2. The summed E-state index contributed by atoms with van der Waals surface area (Å²) in [6.07, 6.45) is 2.21. The van der Waals surface area contributed by atoms with Gasteiger partial charge in [-0.2, -0.15) is 0 Å². The summed E-state index contributed by atoms with van der Waals surface area (Å²) in [7, 11) is 0. The van der Waals surface area contributed by atoms with E-state index < -0.39 is 0 Å². The van der Waals surface area contributed by atoms with Crippen molar-refractivity contribution in [2.24, 2.45) is 0 Å². The molecule has 0 radical (unpaired) electrons. The van der Waals surface area contributed by atoms with E-state index in [-0.39, 0.29) is 0 Å². The molecule has 0 saturated heterocycles. The molecule has 1 aliphatic rings. The summed E-state index contributed by atoms with van der Waals surface area (Å²) >= 11 is 5.87. The Hall–Kier alpha value is -1.61. The van der Waals surface area contributed by atoms with E-state index in [1.165, 1.54) is 11.1 Å². The zero-order chi connectivity index (χ0) is 12.5. The minimum atomic E-state index is 0.295. The van der Waals surface area contributed by atoms with Crippen molar-refractivity contribution in [1.29, 1.82) is 0 Å². The Balaban J connectivity index is 1.86. The van der Waals surface area contributed by atoms with Crippen LogP contribution in [0, 0.1) is 6.92 Å². The van der Waals surface area contributed by atoms with Gasteiger partial charge in [-0.3, -0.25) is 0 Å². The SMILES string of the molecule is Cc1cc(N[C@H]2CCc3ccccc32)nc(Cl)n1. The molecule has 1 atom stereocenters. The number of rotatable bonds is 2. The van der Waals surface area contributed by atoms with Crippen LogP contribution in [0.5, 0.6) is 0 Å². The van der Waals surface area contributed by atoms with Crippen molar-refractivity contribution in [3.05, 3.63) is 52.4 Å². The second-order valence-electron chi connectivity index (χ2n) is 4.60. The zero-order valence-corrected chi connectivity index (χ0v) is 10.9. The number of hydrogen-bond acceptors (Lipinski definition) is 3. The molecular weight excluding hydrogens is 246 g/mol. The standard InChI is InChI=1S/C14H14ClN3/c1-9-8-13(18-14(15)16-9)17-12-7-6-10-4-2-3-5-11(10)12/h2-5,8,12H,6-7H2,1H3,(H,16,17,18)/t12-/m0/s1. The lowest BCUT2D eigenvalue weighted by Crippen LogP contribution is -2.09. The Morgan fingerprint density at radius 1 is 1.28 bits per heavy atom. The molecule has 1 N–H and O–H groups in total. The van der Waals surface area contributed by atoms with Crippen molar-refractivity contribution in [3.63, 3.8) is 0 Å². The third-order valence-corrected chi connectivity index (χ3v) is 3.45. The van der Waals surface area contributed by atoms with Crippen molar-refractivity contribution in [2.75, 3.05) is 5.32 Å². The molecule has 0 aliphatic heterocycles. The zero-order valence-electron chi connectivity index (χ0n) is 10.2. The Labute approximate surface area is 111 Å². The fraction of sp³-hybridized carbons (Fsp3) is 0.286. The van der Waals surface area contributed by atoms with Crippen molar-refractivity contribution < 1.29 is 0 Å². The van der Waals surface area contributed by atoms with Gasteiger partial charge in [0.2, 0.25) is 5.28 Å². The van der Waals surface area contributed by atoms with Gasteiger partial charge in [-0.15, -0.1) is 0 Å². The topological polar surface area (TPSA) is 37.8 Å². The van der Waals surface area contributed by atoms with Crippen molar-refractivity contribution in [2.45, 2.75) is 25.8 Å². The number of aromatic nitrogens is 2. The average molecular weight is 260 g/mol. The van der Waals surface area contributed by atoms with Crippen LogP contribution in [-0.2, 0) is 6.42 Å². The van der Waals surface area contributed by atoms with Gasteiger partial charge in [-0.25, -0.2) is 9.97 Å². The number of fused-ring (bicyclic) bond motifs is 1. The minimum absolute atomic E-state index is 0.295. The Kier molecular flexibility index (Phi) is 2.92. The molecule has 3 rings (SSSR count). The van der Waals surface area contributed by atoms with Crippen LogP contribution in [0.25, 0.3) is 0 Å². The average Bonchev–Trinajstić information content (AvgIpc) is 2.72. The van der Waals surface area contributed by atoms with E-state index in [0.717, 1.165) is 24.4 Å². The lowest BCUT2D eigenvalue weighted by atomic mass is 10.1. The quantitative estimate of drug-likeness (QED) is 0.839. The highest BCUT2D eigenvalue weighted by molar-refractivity contribution is 6.28. The lowest BCUT2D eigenvalue weighted by Gasteiger charge is -2.15. The summed E-state index contributed by atoms with van der Waals surface area (Å²) in [6.45, 7) is 1.92. The first-order chi connectivity index (χ1) is 8.72. The smallest absolute Gasteiger partial charge is 0.224 e. The second-order valence-corrected chi connectivity index (χ2v) is 4.94. The summed E-state index contributed by atoms with van der Waals surface area (Å²) < 4.78 is 0. The maximum Gasteiger partial charge on any atom is 0.224 e. The predicted molar refractivity (Wildman–Crippen MR) is 72.9 cm³/mol. The van der Waals surface area contributed by atoms with E-state index >= 15 is 0 Å². The highest BCUT2D eigenvalue weighted by atomic mass is 35.5. The molecule has 92 valence electrons. The fourth-order valence-corrected chi connectivity index (χ4v) is 2.72. The number of anilines is 1. The van der Waals surface area contributed by atoms with Gasteiger partial charge in [0.25, 0.3) is 0 Å². The van der Waals surface area contributed by atoms with Gasteiger partial charge in [-0.1, -0.05) is 24.3 Å². The molecular formula is C14H14ClN3. The van der Waals surface area contributed by atoms with E-state index in [2.05, 4.69) is 39.6 Å². The molecule has 3 nitrogen and oxygen atoms in total. The first-order valence-corrected chi connectivity index (χ1v) is 6.46. The molecule has 1 aliphatic carbocycles. The first kappa shape index (κ1) is 11.5. The number of nitrogens with one attached hydrogen (secondary N) is 1. The van der Waals surface area contributed by atoms with Gasteiger partial charge >= 0.3 is 0 Å². The monoisotopic (exact) mass is 259 g/mol. The van der Waals surface area contributed by atoms with Gasteiger partial charge in [0.05, 0.1) is 6.04 Å². The highest BCUT2D eigenvalue weighted by Gasteiger charge is 2.22. The first-order valence-electron chi connectivity index (χ1n) is 6.08. The maximum absolute atomic E-state index is 5.87. The van der Waals surface area contributed by atoms with E-state index in [0.29, 0.717) is 11.3 Å². The molecule has 0 fully saturated rings. The molecule has 0 amide bonds. The van der Waals surface area contributed by atoms with Gasteiger partial charge < -0.3 is 5.32 Å². The molecule has 4 heteroatoms. The third-order valence-electron chi connectivity index (χ3n) is 3.28. The molecule has 18 heavy (non-hydrogen) atoms. The largest absolute Gasteiger partial charge is 0.363 e. The van der Waals surface area contributed by atoms with Crippen LogP contribution in [-0.4, -0.2) is 9.97 Å². The number of halogens is 1. The highest BCUT2D eigenvalue weighted by Crippen LogP contribution is 2.33. The Bertz CT molecular complexity index is 563.